The summed E-state index contributed by atoms with van der Waals surface area (Å²) in [5, 5.41) is 12.5. The molecule has 0 saturated heterocycles. The Morgan fingerprint density at radius 1 is 1.45 bits per heavy atom. The molecule has 5 nitrogen and oxygen atoms in total. The molecular weight excluding hydrogens is 254 g/mol. The molecular formula is C15H23N3O2. The van der Waals surface area contributed by atoms with Crippen molar-refractivity contribution in [1.29, 1.82) is 0 Å². The van der Waals surface area contributed by atoms with Crippen molar-refractivity contribution in [3.05, 3.63) is 39.8 Å². The van der Waals surface area contributed by atoms with Crippen LogP contribution in [0.2, 0.25) is 0 Å². The maximum absolute atomic E-state index is 12.3. The van der Waals surface area contributed by atoms with Crippen molar-refractivity contribution < 1.29 is 5.11 Å². The van der Waals surface area contributed by atoms with E-state index in [0.29, 0.717) is 29.5 Å². The lowest BCUT2D eigenvalue weighted by Gasteiger charge is -2.13. The van der Waals surface area contributed by atoms with Gasteiger partial charge in [-0.05, 0) is 24.5 Å². The monoisotopic (exact) mass is 277 g/mol. The van der Waals surface area contributed by atoms with Gasteiger partial charge in [0.25, 0.3) is 5.56 Å². The van der Waals surface area contributed by atoms with Crippen LogP contribution in [-0.4, -0.2) is 21.0 Å². The van der Waals surface area contributed by atoms with Crippen molar-refractivity contribution in [2.75, 3.05) is 11.9 Å². The second-order valence-electron chi connectivity index (χ2n) is 5.06. The minimum Gasteiger partial charge on any atom is -0.391 e. The molecule has 0 fully saturated rings. The summed E-state index contributed by atoms with van der Waals surface area (Å²) in [6.07, 6.45) is 1.67. The summed E-state index contributed by atoms with van der Waals surface area (Å²) in [6, 6.07) is 3.71. The predicted molar refractivity (Wildman–Crippen MR) is 82.2 cm³/mol. The number of fused-ring (bicyclic) bond motifs is 1. The first kappa shape index (κ1) is 16.2. The van der Waals surface area contributed by atoms with Crippen LogP contribution in [0.15, 0.2) is 23.1 Å². The average molecular weight is 277 g/mol. The Kier molecular flexibility index (Phi) is 5.27. The molecule has 0 bridgehead atoms. The Morgan fingerprint density at radius 3 is 2.75 bits per heavy atom. The molecule has 0 atom stereocenters. The molecule has 0 aliphatic heterocycles. The third kappa shape index (κ3) is 2.99. The van der Waals surface area contributed by atoms with E-state index in [2.05, 4.69) is 24.1 Å². The van der Waals surface area contributed by atoms with Crippen molar-refractivity contribution in [1.82, 2.24) is 9.38 Å². The first-order valence-electron chi connectivity index (χ1n) is 6.40. The number of pyridine rings is 1. The zero-order valence-electron chi connectivity index (χ0n) is 11.5. The maximum Gasteiger partial charge on any atom is 0.265 e. The Bertz CT molecular complexity index is 647. The summed E-state index contributed by atoms with van der Waals surface area (Å²) >= 11 is 0. The standard InChI is InChI=1S/C14H19N3O2.CH4/c1-9(2)7-15-12-11(8-18)14(19)17-6-4-5-10(3)13(17)16-12;/h4-6,9,15,18H,7-8H2,1-3H3;1H4. The number of anilines is 1. The average Bonchev–Trinajstić information content (AvgIpc) is 2.37. The summed E-state index contributed by atoms with van der Waals surface area (Å²) in [5.74, 6) is 0.916. The molecule has 2 N–H and O–H groups in total. The van der Waals surface area contributed by atoms with Crippen molar-refractivity contribution in [3.8, 4) is 0 Å². The van der Waals surface area contributed by atoms with Gasteiger partial charge in [0.1, 0.15) is 11.5 Å². The third-order valence-corrected chi connectivity index (χ3v) is 2.98. The quantitative estimate of drug-likeness (QED) is 0.899. The van der Waals surface area contributed by atoms with Gasteiger partial charge in [0.05, 0.1) is 12.2 Å². The molecule has 2 aromatic rings. The van der Waals surface area contributed by atoms with E-state index in [1.54, 1.807) is 12.3 Å². The van der Waals surface area contributed by atoms with Crippen LogP contribution >= 0.6 is 0 Å². The Morgan fingerprint density at radius 2 is 2.15 bits per heavy atom. The minimum atomic E-state index is -0.316. The van der Waals surface area contributed by atoms with Gasteiger partial charge < -0.3 is 10.4 Å². The SMILES string of the molecule is C.Cc1cccn2c(=O)c(CO)c(NCC(C)C)nc12. The molecule has 110 valence electrons. The molecule has 20 heavy (non-hydrogen) atoms. The number of nitrogens with zero attached hydrogens (tertiary/aromatic N) is 2. The molecule has 0 amide bonds. The van der Waals surface area contributed by atoms with Crippen molar-refractivity contribution in [2.24, 2.45) is 5.92 Å². The molecule has 2 rings (SSSR count). The molecule has 0 saturated carbocycles. The van der Waals surface area contributed by atoms with Gasteiger partial charge in [-0.1, -0.05) is 27.3 Å². The van der Waals surface area contributed by atoms with Crippen LogP contribution < -0.4 is 10.9 Å². The van der Waals surface area contributed by atoms with E-state index in [-0.39, 0.29) is 19.6 Å². The molecule has 0 aromatic carbocycles. The fraction of sp³-hybridized carbons (Fsp3) is 0.467. The topological polar surface area (TPSA) is 66.6 Å². The highest BCUT2D eigenvalue weighted by Gasteiger charge is 2.12. The number of aromatic nitrogens is 2. The highest BCUT2D eigenvalue weighted by molar-refractivity contribution is 5.55. The molecule has 0 aliphatic carbocycles. The zero-order chi connectivity index (χ0) is 14.0. The summed E-state index contributed by atoms with van der Waals surface area (Å²) in [6.45, 7) is 6.45. The van der Waals surface area contributed by atoms with Gasteiger partial charge in [-0.15, -0.1) is 0 Å². The summed E-state index contributed by atoms with van der Waals surface area (Å²) in [4.78, 5) is 16.8. The van der Waals surface area contributed by atoms with E-state index in [1.807, 2.05) is 13.0 Å². The van der Waals surface area contributed by atoms with Crippen molar-refractivity contribution in [2.45, 2.75) is 34.8 Å². The van der Waals surface area contributed by atoms with Crippen LogP contribution in [0.4, 0.5) is 5.82 Å². The van der Waals surface area contributed by atoms with Crippen LogP contribution in [0.5, 0.6) is 0 Å². The van der Waals surface area contributed by atoms with Gasteiger partial charge in [0.15, 0.2) is 0 Å². The van der Waals surface area contributed by atoms with Crippen molar-refractivity contribution in [3.63, 3.8) is 0 Å². The lowest BCUT2D eigenvalue weighted by molar-refractivity contribution is 0.280. The van der Waals surface area contributed by atoms with E-state index in [0.717, 1.165) is 5.56 Å². The van der Waals surface area contributed by atoms with Gasteiger partial charge >= 0.3 is 0 Å². The molecule has 0 spiro atoms. The van der Waals surface area contributed by atoms with Crippen molar-refractivity contribution >= 4 is 11.5 Å². The molecule has 2 aromatic heterocycles. The maximum atomic E-state index is 12.3. The molecule has 2 heterocycles. The van der Waals surface area contributed by atoms with Gasteiger partial charge in [-0.3, -0.25) is 9.20 Å². The largest absolute Gasteiger partial charge is 0.391 e. The summed E-state index contributed by atoms with van der Waals surface area (Å²) in [5.41, 5.74) is 1.64. The first-order chi connectivity index (χ1) is 9.04. The Balaban J connectivity index is 0.00000200. The molecule has 0 aliphatic rings. The fourth-order valence-electron chi connectivity index (χ4n) is 1.92. The van der Waals surface area contributed by atoms with Gasteiger partial charge in [0.2, 0.25) is 0 Å². The number of rotatable bonds is 4. The smallest absolute Gasteiger partial charge is 0.265 e. The van der Waals surface area contributed by atoms with Crippen LogP contribution in [0.25, 0.3) is 5.65 Å². The number of aryl methyl sites for hydroxylation is 1. The highest BCUT2D eigenvalue weighted by atomic mass is 16.3. The van der Waals surface area contributed by atoms with Gasteiger partial charge in [-0.2, -0.15) is 0 Å². The molecule has 5 heteroatoms. The Labute approximate surface area is 119 Å². The lowest BCUT2D eigenvalue weighted by Crippen LogP contribution is -2.24. The summed E-state index contributed by atoms with van der Waals surface area (Å²) < 4.78 is 1.47. The van der Waals surface area contributed by atoms with E-state index in [4.69, 9.17) is 0 Å². The van der Waals surface area contributed by atoms with Crippen LogP contribution in [0, 0.1) is 12.8 Å². The lowest BCUT2D eigenvalue weighted by atomic mass is 10.2. The minimum absolute atomic E-state index is 0. The van der Waals surface area contributed by atoms with Crippen LogP contribution in [0.1, 0.15) is 32.4 Å². The van der Waals surface area contributed by atoms with E-state index < -0.39 is 0 Å². The van der Waals surface area contributed by atoms with E-state index in [9.17, 15) is 9.90 Å². The molecule has 0 unspecified atom stereocenters. The van der Waals surface area contributed by atoms with Gasteiger partial charge in [-0.25, -0.2) is 4.98 Å². The van der Waals surface area contributed by atoms with Crippen LogP contribution in [0.3, 0.4) is 0 Å². The third-order valence-electron chi connectivity index (χ3n) is 2.98. The number of nitrogens with one attached hydrogen (secondary N) is 1. The number of hydrogen-bond donors (Lipinski definition) is 2. The van der Waals surface area contributed by atoms with Crippen LogP contribution in [-0.2, 0) is 6.61 Å². The first-order valence-corrected chi connectivity index (χ1v) is 6.40. The molecule has 0 radical (unpaired) electrons. The highest BCUT2D eigenvalue weighted by Crippen LogP contribution is 2.13. The zero-order valence-corrected chi connectivity index (χ0v) is 11.5. The predicted octanol–water partition coefficient (Wildman–Crippen LogP) is 2.20. The fourth-order valence-corrected chi connectivity index (χ4v) is 1.92. The second kappa shape index (κ2) is 6.52. The normalized spacial score (nSPS) is 10.7. The second-order valence-corrected chi connectivity index (χ2v) is 5.06. The summed E-state index contributed by atoms with van der Waals surface area (Å²) in [7, 11) is 0. The van der Waals surface area contributed by atoms with Gasteiger partial charge in [0, 0.05) is 12.7 Å². The number of hydrogen-bond acceptors (Lipinski definition) is 4. The Hall–Kier alpha value is -1.88. The van der Waals surface area contributed by atoms with E-state index >= 15 is 0 Å². The number of aliphatic hydroxyl groups is 1. The number of aliphatic hydroxyl groups excluding tert-OH is 1. The van der Waals surface area contributed by atoms with E-state index in [1.165, 1.54) is 4.40 Å².